The Kier molecular flexibility index (Phi) is 4.52. The molecule has 1 unspecified atom stereocenters. The van der Waals surface area contributed by atoms with Crippen LogP contribution >= 0.6 is 22.7 Å². The van der Waals surface area contributed by atoms with Gasteiger partial charge in [-0.3, -0.25) is 4.79 Å². The van der Waals surface area contributed by atoms with Crippen LogP contribution in [0.4, 0.5) is 5.13 Å². The van der Waals surface area contributed by atoms with Crippen molar-refractivity contribution in [2.24, 2.45) is 5.92 Å². The van der Waals surface area contributed by atoms with Crippen molar-refractivity contribution in [2.45, 2.75) is 17.1 Å². The minimum atomic E-state index is -3.50. The van der Waals surface area contributed by atoms with Gasteiger partial charge in [-0.1, -0.05) is 17.4 Å². The molecule has 0 aliphatic carbocycles. The third kappa shape index (κ3) is 3.19. The number of rotatable bonds is 4. The van der Waals surface area contributed by atoms with Crippen LogP contribution in [0.3, 0.4) is 0 Å². The summed E-state index contributed by atoms with van der Waals surface area (Å²) in [5.74, 6) is -0.574. The highest BCUT2D eigenvalue weighted by Gasteiger charge is 2.33. The van der Waals surface area contributed by atoms with Gasteiger partial charge in [-0.2, -0.15) is 4.31 Å². The molecule has 118 valence electrons. The molecule has 2 aromatic heterocycles. The lowest BCUT2D eigenvalue weighted by Gasteiger charge is -2.30. The fourth-order valence-electron chi connectivity index (χ4n) is 2.35. The summed E-state index contributed by atoms with van der Waals surface area (Å²) in [6.45, 7) is 0.647. The number of hydrogen-bond donors (Lipinski definition) is 1. The zero-order valence-corrected chi connectivity index (χ0v) is 14.0. The molecular formula is C12H14N4O3S3. The average molecular weight is 358 g/mol. The van der Waals surface area contributed by atoms with Crippen molar-refractivity contribution in [3.8, 4) is 0 Å². The van der Waals surface area contributed by atoms with Gasteiger partial charge in [0.05, 0.1) is 5.92 Å². The van der Waals surface area contributed by atoms with Gasteiger partial charge in [0, 0.05) is 13.1 Å². The minimum absolute atomic E-state index is 0.199. The number of carbonyl (C=O) groups is 1. The molecule has 1 N–H and O–H groups in total. The van der Waals surface area contributed by atoms with Gasteiger partial charge >= 0.3 is 0 Å². The van der Waals surface area contributed by atoms with Gasteiger partial charge in [0.15, 0.2) is 0 Å². The number of aromatic nitrogens is 2. The van der Waals surface area contributed by atoms with E-state index in [0.717, 1.165) is 0 Å². The summed E-state index contributed by atoms with van der Waals surface area (Å²) in [6.07, 6.45) is 1.33. The first-order chi connectivity index (χ1) is 10.6. The Hall–Kier alpha value is -1.36. The van der Waals surface area contributed by atoms with Gasteiger partial charge in [0.2, 0.25) is 11.0 Å². The molecule has 1 atom stereocenters. The fraction of sp³-hybridized carbons (Fsp3) is 0.417. The van der Waals surface area contributed by atoms with Gasteiger partial charge in [-0.15, -0.1) is 21.5 Å². The van der Waals surface area contributed by atoms with E-state index in [1.165, 1.54) is 32.5 Å². The number of anilines is 1. The maximum atomic E-state index is 12.5. The number of piperidine rings is 1. The third-order valence-electron chi connectivity index (χ3n) is 3.43. The first-order valence-corrected chi connectivity index (χ1v) is 9.88. The van der Waals surface area contributed by atoms with Crippen LogP contribution in [-0.4, -0.2) is 41.9 Å². The number of thiophene rings is 1. The zero-order chi connectivity index (χ0) is 15.6. The molecule has 3 heterocycles. The Bertz CT molecular complexity index is 728. The lowest BCUT2D eigenvalue weighted by molar-refractivity contribution is -0.120. The molecule has 1 aliphatic heterocycles. The lowest BCUT2D eigenvalue weighted by atomic mass is 9.99. The van der Waals surface area contributed by atoms with Crippen LogP contribution in [0.5, 0.6) is 0 Å². The van der Waals surface area contributed by atoms with E-state index in [1.54, 1.807) is 17.5 Å². The molecular weight excluding hydrogens is 344 g/mol. The summed E-state index contributed by atoms with van der Waals surface area (Å²) in [6, 6.07) is 3.30. The van der Waals surface area contributed by atoms with Crippen molar-refractivity contribution in [1.29, 1.82) is 0 Å². The molecule has 0 radical (unpaired) electrons. The highest BCUT2D eigenvalue weighted by Crippen LogP contribution is 2.27. The van der Waals surface area contributed by atoms with Crippen molar-refractivity contribution in [3.63, 3.8) is 0 Å². The third-order valence-corrected chi connectivity index (χ3v) is 7.28. The van der Waals surface area contributed by atoms with E-state index in [2.05, 4.69) is 15.5 Å². The van der Waals surface area contributed by atoms with E-state index in [0.29, 0.717) is 28.7 Å². The van der Waals surface area contributed by atoms with E-state index in [1.807, 2.05) is 0 Å². The molecule has 0 spiro atoms. The molecule has 7 nitrogen and oxygen atoms in total. The minimum Gasteiger partial charge on any atom is -0.300 e. The highest BCUT2D eigenvalue weighted by molar-refractivity contribution is 7.91. The number of sulfonamides is 1. The smallest absolute Gasteiger partial charge is 0.252 e. The number of carbonyl (C=O) groups excluding carboxylic acids is 1. The molecule has 0 bridgehead atoms. The summed E-state index contributed by atoms with van der Waals surface area (Å²) in [5, 5.41) is 12.3. The number of nitrogens with one attached hydrogen (secondary N) is 1. The van der Waals surface area contributed by atoms with E-state index in [4.69, 9.17) is 0 Å². The second-order valence-corrected chi connectivity index (χ2v) is 8.81. The van der Waals surface area contributed by atoms with Crippen molar-refractivity contribution in [2.75, 3.05) is 18.4 Å². The summed E-state index contributed by atoms with van der Waals surface area (Å²) < 4.78 is 26.7. The second kappa shape index (κ2) is 6.41. The van der Waals surface area contributed by atoms with Gasteiger partial charge in [0.1, 0.15) is 9.72 Å². The molecule has 22 heavy (non-hydrogen) atoms. The van der Waals surface area contributed by atoms with E-state index < -0.39 is 10.0 Å². The summed E-state index contributed by atoms with van der Waals surface area (Å²) in [4.78, 5) is 12.2. The van der Waals surface area contributed by atoms with E-state index in [9.17, 15) is 13.2 Å². The van der Waals surface area contributed by atoms with Crippen LogP contribution < -0.4 is 5.32 Å². The molecule has 0 saturated carbocycles. The number of nitrogens with zero attached hydrogens (tertiary/aromatic N) is 3. The summed E-state index contributed by atoms with van der Waals surface area (Å²) in [5.41, 5.74) is 1.53. The van der Waals surface area contributed by atoms with E-state index >= 15 is 0 Å². The number of amides is 1. The Balaban J connectivity index is 1.70. The van der Waals surface area contributed by atoms with Crippen LogP contribution in [0, 0.1) is 5.92 Å². The molecule has 1 fully saturated rings. The fourth-order valence-corrected chi connectivity index (χ4v) is 5.46. The van der Waals surface area contributed by atoms with Gasteiger partial charge in [-0.05, 0) is 24.3 Å². The molecule has 2 aromatic rings. The van der Waals surface area contributed by atoms with Crippen LogP contribution in [-0.2, 0) is 14.8 Å². The monoisotopic (exact) mass is 358 g/mol. The van der Waals surface area contributed by atoms with Crippen molar-refractivity contribution >= 4 is 43.7 Å². The molecule has 1 aliphatic rings. The summed E-state index contributed by atoms with van der Waals surface area (Å²) in [7, 11) is -3.50. The second-order valence-electron chi connectivity index (χ2n) is 4.87. The zero-order valence-electron chi connectivity index (χ0n) is 11.5. The molecule has 3 rings (SSSR count). The Morgan fingerprint density at radius 3 is 2.95 bits per heavy atom. The van der Waals surface area contributed by atoms with Gasteiger partial charge in [-0.25, -0.2) is 8.42 Å². The summed E-state index contributed by atoms with van der Waals surface area (Å²) >= 11 is 2.43. The van der Waals surface area contributed by atoms with Gasteiger partial charge in [0.25, 0.3) is 10.0 Å². The predicted molar refractivity (Wildman–Crippen MR) is 84.3 cm³/mol. The SMILES string of the molecule is O=C(Nc1nncs1)C1CCCN(S(=O)(=O)c2cccs2)C1. The van der Waals surface area contributed by atoms with Crippen LogP contribution in [0.1, 0.15) is 12.8 Å². The Labute approximate surface area is 136 Å². The molecule has 0 aromatic carbocycles. The predicted octanol–water partition coefficient (Wildman–Crippen LogP) is 1.64. The Morgan fingerprint density at radius 2 is 2.27 bits per heavy atom. The standard InChI is InChI=1S/C12H14N4O3S3/c17-11(14-12-15-13-8-21-12)9-3-1-5-16(7-9)22(18,19)10-4-2-6-20-10/h2,4,6,8-9H,1,3,5,7H2,(H,14,15,17). The van der Waals surface area contributed by atoms with Crippen molar-refractivity contribution in [3.05, 3.63) is 23.0 Å². The van der Waals surface area contributed by atoms with Crippen molar-refractivity contribution < 1.29 is 13.2 Å². The topological polar surface area (TPSA) is 92.3 Å². The normalized spacial score (nSPS) is 19.9. The van der Waals surface area contributed by atoms with Crippen molar-refractivity contribution in [1.82, 2.24) is 14.5 Å². The molecule has 1 amide bonds. The van der Waals surface area contributed by atoms with Crippen LogP contribution in [0.2, 0.25) is 0 Å². The molecule has 10 heteroatoms. The highest BCUT2D eigenvalue weighted by atomic mass is 32.2. The quantitative estimate of drug-likeness (QED) is 0.897. The van der Waals surface area contributed by atoms with Gasteiger partial charge < -0.3 is 5.32 Å². The van der Waals surface area contributed by atoms with Crippen LogP contribution in [0.15, 0.2) is 27.2 Å². The number of hydrogen-bond acceptors (Lipinski definition) is 7. The maximum absolute atomic E-state index is 12.5. The van der Waals surface area contributed by atoms with Crippen LogP contribution in [0.25, 0.3) is 0 Å². The average Bonchev–Trinajstić information content (AvgIpc) is 3.21. The lowest BCUT2D eigenvalue weighted by Crippen LogP contribution is -2.43. The van der Waals surface area contributed by atoms with E-state index in [-0.39, 0.29) is 18.4 Å². The first kappa shape index (κ1) is 15.5. The first-order valence-electron chi connectivity index (χ1n) is 6.68. The largest absolute Gasteiger partial charge is 0.300 e. The molecule has 1 saturated heterocycles. The Morgan fingerprint density at radius 1 is 1.41 bits per heavy atom. The maximum Gasteiger partial charge on any atom is 0.252 e.